The SMILES string of the molecule is CNC(=O)c1cc(C(=O)NCCCC2CCNCC2)cn(Cc2ccccc2)c1=O.Cl. The summed E-state index contributed by atoms with van der Waals surface area (Å²) in [5.74, 6) is -0.0505. The van der Waals surface area contributed by atoms with Crippen molar-refractivity contribution in [3.63, 3.8) is 0 Å². The van der Waals surface area contributed by atoms with Crippen molar-refractivity contribution in [1.82, 2.24) is 20.5 Å². The first-order chi connectivity index (χ1) is 14.6. The standard InChI is InChI=1S/C23H30N4O3.ClH/c1-24-22(29)20-14-19(16-27(23(20)30)15-18-6-3-2-4-7-18)21(28)26-11-5-8-17-9-12-25-13-10-17;/h2-4,6-7,14,16-17,25H,5,8-13,15H2,1H3,(H,24,29)(H,26,28);1H. The molecule has 7 nitrogen and oxygen atoms in total. The summed E-state index contributed by atoms with van der Waals surface area (Å²) in [6, 6.07) is 10.9. The van der Waals surface area contributed by atoms with Crippen LogP contribution in [0.4, 0.5) is 0 Å². The summed E-state index contributed by atoms with van der Waals surface area (Å²) < 4.78 is 1.42. The number of carbonyl (C=O) groups is 2. The minimum atomic E-state index is -0.498. The first-order valence-electron chi connectivity index (χ1n) is 10.6. The molecule has 1 saturated heterocycles. The molecule has 1 aromatic heterocycles. The first kappa shape index (κ1) is 24.6. The number of pyridine rings is 1. The van der Waals surface area contributed by atoms with Gasteiger partial charge >= 0.3 is 0 Å². The Kier molecular flexibility index (Phi) is 9.75. The van der Waals surface area contributed by atoms with Gasteiger partial charge in [0.1, 0.15) is 5.56 Å². The first-order valence-corrected chi connectivity index (χ1v) is 10.6. The Morgan fingerprint density at radius 1 is 1.13 bits per heavy atom. The molecule has 0 atom stereocenters. The molecule has 8 heteroatoms. The predicted molar refractivity (Wildman–Crippen MR) is 124 cm³/mol. The second kappa shape index (κ2) is 12.3. The van der Waals surface area contributed by atoms with Crippen molar-refractivity contribution in [2.45, 2.75) is 32.2 Å². The van der Waals surface area contributed by atoms with Crippen LogP contribution in [0, 0.1) is 5.92 Å². The minimum Gasteiger partial charge on any atom is -0.355 e. The van der Waals surface area contributed by atoms with Crippen LogP contribution >= 0.6 is 12.4 Å². The molecule has 3 rings (SSSR count). The number of carbonyl (C=O) groups excluding carboxylic acids is 2. The molecule has 0 saturated carbocycles. The van der Waals surface area contributed by atoms with Crippen LogP contribution in [0.25, 0.3) is 0 Å². The molecule has 0 aliphatic carbocycles. The number of hydrogen-bond acceptors (Lipinski definition) is 4. The van der Waals surface area contributed by atoms with Gasteiger partial charge in [0.15, 0.2) is 0 Å². The van der Waals surface area contributed by atoms with E-state index >= 15 is 0 Å². The van der Waals surface area contributed by atoms with Crippen LogP contribution in [-0.4, -0.2) is 43.1 Å². The van der Waals surface area contributed by atoms with Gasteiger partial charge in [-0.2, -0.15) is 0 Å². The Hall–Kier alpha value is -2.64. The molecule has 0 bridgehead atoms. The summed E-state index contributed by atoms with van der Waals surface area (Å²) in [6.45, 7) is 3.01. The van der Waals surface area contributed by atoms with Crippen LogP contribution < -0.4 is 21.5 Å². The molecule has 31 heavy (non-hydrogen) atoms. The maximum Gasteiger partial charge on any atom is 0.263 e. The van der Waals surface area contributed by atoms with Gasteiger partial charge in [0, 0.05) is 19.8 Å². The second-order valence-electron chi connectivity index (χ2n) is 7.73. The molecule has 0 unspecified atom stereocenters. The summed E-state index contributed by atoms with van der Waals surface area (Å²) in [7, 11) is 1.47. The summed E-state index contributed by atoms with van der Waals surface area (Å²) in [5.41, 5.74) is 0.782. The quantitative estimate of drug-likeness (QED) is 0.542. The van der Waals surface area contributed by atoms with Crippen LogP contribution in [0.2, 0.25) is 0 Å². The average molecular weight is 447 g/mol. The highest BCUT2D eigenvalue weighted by Gasteiger charge is 2.17. The number of nitrogens with zero attached hydrogens (tertiary/aromatic N) is 1. The van der Waals surface area contributed by atoms with Gasteiger partial charge in [0.25, 0.3) is 17.4 Å². The molecule has 0 spiro atoms. The molecule has 2 aromatic rings. The lowest BCUT2D eigenvalue weighted by atomic mass is 9.93. The highest BCUT2D eigenvalue weighted by molar-refractivity contribution is 5.99. The van der Waals surface area contributed by atoms with E-state index < -0.39 is 11.5 Å². The predicted octanol–water partition coefficient (Wildman–Crippen LogP) is 2.19. The highest BCUT2D eigenvalue weighted by atomic mass is 35.5. The number of halogens is 1. The van der Waals surface area contributed by atoms with Crippen molar-refractivity contribution in [3.8, 4) is 0 Å². The molecule has 1 aliphatic heterocycles. The van der Waals surface area contributed by atoms with Crippen molar-refractivity contribution >= 4 is 24.2 Å². The number of nitrogens with one attached hydrogen (secondary N) is 3. The Balaban J connectivity index is 0.00000341. The Bertz CT molecular complexity index is 924. The van der Waals surface area contributed by atoms with Crippen LogP contribution in [0.15, 0.2) is 47.4 Å². The van der Waals surface area contributed by atoms with E-state index in [0.29, 0.717) is 18.7 Å². The lowest BCUT2D eigenvalue weighted by Crippen LogP contribution is -2.34. The molecule has 1 aromatic carbocycles. The van der Waals surface area contributed by atoms with Crippen LogP contribution in [-0.2, 0) is 6.54 Å². The average Bonchev–Trinajstić information content (AvgIpc) is 2.78. The Morgan fingerprint density at radius 2 is 1.84 bits per heavy atom. The normalized spacial score (nSPS) is 13.8. The van der Waals surface area contributed by atoms with Gasteiger partial charge in [0.05, 0.1) is 12.1 Å². The molecule has 0 radical (unpaired) electrons. The molecular formula is C23H31ClN4O3. The molecular weight excluding hydrogens is 416 g/mol. The van der Waals surface area contributed by atoms with Gasteiger partial charge in [-0.25, -0.2) is 0 Å². The van der Waals surface area contributed by atoms with Crippen molar-refractivity contribution in [2.24, 2.45) is 5.92 Å². The topological polar surface area (TPSA) is 92.2 Å². The van der Waals surface area contributed by atoms with E-state index in [1.165, 1.54) is 36.7 Å². The lowest BCUT2D eigenvalue weighted by Gasteiger charge is -2.22. The van der Waals surface area contributed by atoms with Crippen LogP contribution in [0.3, 0.4) is 0 Å². The molecule has 168 valence electrons. The third-order valence-electron chi connectivity index (χ3n) is 5.55. The molecule has 3 N–H and O–H groups in total. The van der Waals surface area contributed by atoms with Crippen LogP contribution in [0.5, 0.6) is 0 Å². The van der Waals surface area contributed by atoms with Crippen molar-refractivity contribution in [2.75, 3.05) is 26.7 Å². The van der Waals surface area contributed by atoms with Gasteiger partial charge in [-0.05, 0) is 56.3 Å². The summed E-state index contributed by atoms with van der Waals surface area (Å²) in [6.07, 6.45) is 5.92. The zero-order chi connectivity index (χ0) is 21.3. The lowest BCUT2D eigenvalue weighted by molar-refractivity contribution is 0.0951. The number of piperidine rings is 1. The molecule has 1 aliphatic rings. The second-order valence-corrected chi connectivity index (χ2v) is 7.73. The maximum absolute atomic E-state index is 12.7. The Morgan fingerprint density at radius 3 is 2.52 bits per heavy atom. The Labute approximate surface area is 189 Å². The van der Waals surface area contributed by atoms with Gasteiger partial charge in [0.2, 0.25) is 0 Å². The van der Waals surface area contributed by atoms with E-state index in [-0.39, 0.29) is 23.9 Å². The van der Waals surface area contributed by atoms with Crippen molar-refractivity contribution in [1.29, 1.82) is 0 Å². The van der Waals surface area contributed by atoms with E-state index in [1.807, 2.05) is 30.3 Å². The van der Waals surface area contributed by atoms with Gasteiger partial charge in [-0.1, -0.05) is 30.3 Å². The van der Waals surface area contributed by atoms with Crippen molar-refractivity contribution < 1.29 is 9.59 Å². The third-order valence-corrected chi connectivity index (χ3v) is 5.55. The van der Waals surface area contributed by atoms with E-state index in [1.54, 1.807) is 0 Å². The van der Waals surface area contributed by atoms with Crippen LogP contribution in [0.1, 0.15) is 52.0 Å². The number of hydrogen-bond donors (Lipinski definition) is 3. The number of aromatic nitrogens is 1. The van der Waals surface area contributed by atoms with Gasteiger partial charge in [-0.15, -0.1) is 12.4 Å². The van der Waals surface area contributed by atoms with E-state index in [0.717, 1.165) is 37.4 Å². The third kappa shape index (κ3) is 6.94. The zero-order valence-corrected chi connectivity index (χ0v) is 18.7. The monoisotopic (exact) mass is 446 g/mol. The van der Waals surface area contributed by atoms with Crippen molar-refractivity contribution in [3.05, 3.63) is 69.6 Å². The number of amides is 2. The fraction of sp³-hybridized carbons (Fsp3) is 0.435. The molecule has 2 heterocycles. The fourth-order valence-corrected chi connectivity index (χ4v) is 3.82. The minimum absolute atomic E-state index is 0. The highest BCUT2D eigenvalue weighted by Crippen LogP contribution is 2.17. The number of rotatable bonds is 8. The summed E-state index contributed by atoms with van der Waals surface area (Å²) >= 11 is 0. The molecule has 2 amide bonds. The fourth-order valence-electron chi connectivity index (χ4n) is 3.82. The van der Waals surface area contributed by atoms with E-state index in [2.05, 4.69) is 16.0 Å². The summed E-state index contributed by atoms with van der Waals surface area (Å²) in [4.78, 5) is 37.6. The van der Waals surface area contributed by atoms with Gasteiger partial charge < -0.3 is 20.5 Å². The van der Waals surface area contributed by atoms with Gasteiger partial charge in [-0.3, -0.25) is 14.4 Å². The van der Waals surface area contributed by atoms with E-state index in [4.69, 9.17) is 0 Å². The molecule has 1 fully saturated rings. The summed E-state index contributed by atoms with van der Waals surface area (Å²) in [5, 5.41) is 8.77. The van der Waals surface area contributed by atoms with E-state index in [9.17, 15) is 14.4 Å². The smallest absolute Gasteiger partial charge is 0.263 e. The largest absolute Gasteiger partial charge is 0.355 e. The maximum atomic E-state index is 12.7. The number of benzene rings is 1. The zero-order valence-electron chi connectivity index (χ0n) is 17.9.